The second-order valence-electron chi connectivity index (χ2n) is 5.23. The van der Waals surface area contributed by atoms with Crippen molar-refractivity contribution in [1.82, 2.24) is 10.3 Å². The molecule has 25 heavy (non-hydrogen) atoms. The molecule has 126 valence electrons. The van der Waals surface area contributed by atoms with E-state index in [4.69, 9.17) is 4.74 Å². The van der Waals surface area contributed by atoms with Crippen LogP contribution < -0.4 is 5.32 Å². The molecule has 6 heteroatoms. The molecule has 1 aromatic heterocycles. The molecule has 1 heterocycles. The number of benzene rings is 2. The van der Waals surface area contributed by atoms with Gasteiger partial charge in [0.1, 0.15) is 5.01 Å². The Balaban J connectivity index is 1.74. The number of aromatic nitrogens is 1. The predicted molar refractivity (Wildman–Crippen MR) is 98.0 cm³/mol. The zero-order valence-electron chi connectivity index (χ0n) is 13.5. The Bertz CT molecular complexity index is 886. The molecule has 1 atom stereocenters. The van der Waals surface area contributed by atoms with Crippen LogP contribution in [0.25, 0.3) is 16.3 Å². The number of thiazole rings is 1. The largest absolute Gasteiger partial charge is 0.467 e. The van der Waals surface area contributed by atoms with Crippen LogP contribution in [-0.2, 0) is 14.3 Å². The third kappa shape index (κ3) is 4.10. The highest BCUT2D eigenvalue weighted by Crippen LogP contribution is 2.22. The van der Waals surface area contributed by atoms with Crippen LogP contribution in [0.15, 0.2) is 60.7 Å². The number of methoxy groups -OCH3 is 1. The summed E-state index contributed by atoms with van der Waals surface area (Å²) in [5.41, 5.74) is 1.56. The van der Waals surface area contributed by atoms with E-state index in [0.29, 0.717) is 5.56 Å². The lowest BCUT2D eigenvalue weighted by Gasteiger charge is -2.15. The van der Waals surface area contributed by atoms with Gasteiger partial charge in [0, 0.05) is 6.08 Å². The minimum Gasteiger partial charge on any atom is -0.467 e. The Morgan fingerprint density at radius 1 is 1.12 bits per heavy atom. The van der Waals surface area contributed by atoms with Crippen molar-refractivity contribution in [2.45, 2.75) is 6.04 Å². The number of fused-ring (bicyclic) bond motifs is 1. The van der Waals surface area contributed by atoms with Crippen LogP contribution in [0.2, 0.25) is 0 Å². The molecule has 0 bridgehead atoms. The number of ether oxygens (including phenoxy) is 1. The Morgan fingerprint density at radius 3 is 2.56 bits per heavy atom. The molecule has 1 N–H and O–H groups in total. The minimum absolute atomic E-state index is 0.390. The van der Waals surface area contributed by atoms with Gasteiger partial charge in [0.05, 0.1) is 17.3 Å². The summed E-state index contributed by atoms with van der Waals surface area (Å²) in [4.78, 5) is 28.6. The van der Waals surface area contributed by atoms with Crippen molar-refractivity contribution < 1.29 is 14.3 Å². The lowest BCUT2D eigenvalue weighted by molar-refractivity contribution is -0.144. The predicted octanol–water partition coefficient (Wildman–Crippen LogP) is 3.34. The molecular formula is C19H16N2O3S. The number of nitrogens with one attached hydrogen (secondary N) is 1. The third-order valence-corrected chi connectivity index (χ3v) is 4.55. The summed E-state index contributed by atoms with van der Waals surface area (Å²) in [6.45, 7) is 0. The summed E-state index contributed by atoms with van der Waals surface area (Å²) >= 11 is 1.50. The highest BCUT2D eigenvalue weighted by molar-refractivity contribution is 7.19. The minimum atomic E-state index is -0.848. The number of carbonyl (C=O) groups excluding carboxylic acids is 2. The van der Waals surface area contributed by atoms with Gasteiger partial charge in [-0.2, -0.15) is 0 Å². The number of esters is 1. The molecule has 0 aliphatic carbocycles. The van der Waals surface area contributed by atoms with E-state index in [1.165, 1.54) is 24.5 Å². The van der Waals surface area contributed by atoms with Crippen molar-refractivity contribution in [3.05, 3.63) is 71.2 Å². The van der Waals surface area contributed by atoms with Crippen molar-refractivity contribution in [2.75, 3.05) is 7.11 Å². The van der Waals surface area contributed by atoms with Crippen LogP contribution in [-0.4, -0.2) is 24.0 Å². The summed E-state index contributed by atoms with van der Waals surface area (Å²) < 4.78 is 5.84. The van der Waals surface area contributed by atoms with Gasteiger partial charge in [0.25, 0.3) is 0 Å². The zero-order chi connectivity index (χ0) is 17.6. The number of hydrogen-bond acceptors (Lipinski definition) is 5. The van der Waals surface area contributed by atoms with Crippen LogP contribution in [0.1, 0.15) is 16.6 Å². The molecule has 0 saturated carbocycles. The Labute approximate surface area is 149 Å². The Hall–Kier alpha value is -2.99. The number of rotatable bonds is 5. The van der Waals surface area contributed by atoms with Crippen molar-refractivity contribution in [3.63, 3.8) is 0 Å². The average Bonchev–Trinajstić information content (AvgIpc) is 3.07. The highest BCUT2D eigenvalue weighted by atomic mass is 32.1. The zero-order valence-corrected chi connectivity index (χ0v) is 14.3. The molecule has 3 rings (SSSR count). The van der Waals surface area contributed by atoms with Crippen LogP contribution in [0.5, 0.6) is 0 Å². The molecule has 0 saturated heterocycles. The van der Waals surface area contributed by atoms with Gasteiger partial charge < -0.3 is 10.1 Å². The highest BCUT2D eigenvalue weighted by Gasteiger charge is 2.22. The summed E-state index contributed by atoms with van der Waals surface area (Å²) in [5.74, 6) is -0.911. The van der Waals surface area contributed by atoms with Gasteiger partial charge >= 0.3 is 5.97 Å². The van der Waals surface area contributed by atoms with E-state index in [9.17, 15) is 9.59 Å². The van der Waals surface area contributed by atoms with Crippen LogP contribution in [0.3, 0.4) is 0 Å². The summed E-state index contributed by atoms with van der Waals surface area (Å²) in [6, 6.07) is 15.9. The van der Waals surface area contributed by atoms with Gasteiger partial charge in [-0.3, -0.25) is 4.79 Å². The summed E-state index contributed by atoms with van der Waals surface area (Å²) in [7, 11) is 1.29. The maximum atomic E-state index is 12.2. The molecule has 0 aliphatic rings. The maximum absolute atomic E-state index is 12.2. The third-order valence-electron chi connectivity index (χ3n) is 3.54. The quantitative estimate of drug-likeness (QED) is 0.565. The standard InChI is InChI=1S/C19H16N2O3S/c1-24-19(23)18(13-7-3-2-4-8-13)21-16(22)11-12-17-20-14-9-5-6-10-15(14)25-17/h2-12,18H,1H3,(H,21,22). The van der Waals surface area contributed by atoms with E-state index >= 15 is 0 Å². The van der Waals surface area contributed by atoms with Gasteiger partial charge in [-0.05, 0) is 23.8 Å². The van der Waals surface area contributed by atoms with Crippen LogP contribution >= 0.6 is 11.3 Å². The van der Waals surface area contributed by atoms with Gasteiger partial charge in [-0.25, -0.2) is 9.78 Å². The van der Waals surface area contributed by atoms with E-state index in [1.807, 2.05) is 30.3 Å². The number of hydrogen-bond donors (Lipinski definition) is 1. The summed E-state index contributed by atoms with van der Waals surface area (Å²) in [5, 5.41) is 3.39. The monoisotopic (exact) mass is 352 g/mol. The lowest BCUT2D eigenvalue weighted by Crippen LogP contribution is -2.33. The molecule has 0 spiro atoms. The van der Waals surface area contributed by atoms with Gasteiger partial charge in [0.2, 0.25) is 5.91 Å². The van der Waals surface area contributed by atoms with Crippen LogP contribution in [0.4, 0.5) is 0 Å². The normalized spacial score (nSPS) is 12.2. The molecule has 1 amide bonds. The van der Waals surface area contributed by atoms with E-state index in [2.05, 4.69) is 10.3 Å². The van der Waals surface area contributed by atoms with Crippen molar-refractivity contribution in [1.29, 1.82) is 0 Å². The number of amides is 1. The van der Waals surface area contributed by atoms with E-state index < -0.39 is 17.9 Å². The van der Waals surface area contributed by atoms with E-state index in [1.54, 1.807) is 30.3 Å². The fourth-order valence-corrected chi connectivity index (χ4v) is 3.21. The second kappa shape index (κ2) is 7.72. The topological polar surface area (TPSA) is 68.3 Å². The van der Waals surface area contributed by atoms with Crippen molar-refractivity contribution in [3.8, 4) is 0 Å². The number of nitrogens with zero attached hydrogens (tertiary/aromatic N) is 1. The first-order chi connectivity index (χ1) is 12.2. The Morgan fingerprint density at radius 2 is 1.84 bits per heavy atom. The molecule has 0 fully saturated rings. The smallest absolute Gasteiger partial charge is 0.333 e. The Kier molecular flexibility index (Phi) is 5.20. The van der Waals surface area contributed by atoms with E-state index in [-0.39, 0.29) is 0 Å². The SMILES string of the molecule is COC(=O)C(NC(=O)C=Cc1nc2ccccc2s1)c1ccccc1. The van der Waals surface area contributed by atoms with Crippen molar-refractivity contribution >= 4 is 39.5 Å². The molecule has 0 radical (unpaired) electrons. The molecule has 3 aromatic rings. The van der Waals surface area contributed by atoms with Gasteiger partial charge in [-0.1, -0.05) is 42.5 Å². The second-order valence-corrected chi connectivity index (χ2v) is 6.29. The van der Waals surface area contributed by atoms with Crippen molar-refractivity contribution in [2.24, 2.45) is 0 Å². The fraction of sp³-hybridized carbons (Fsp3) is 0.105. The average molecular weight is 352 g/mol. The molecule has 5 nitrogen and oxygen atoms in total. The molecule has 2 aromatic carbocycles. The van der Waals surface area contributed by atoms with E-state index in [0.717, 1.165) is 15.2 Å². The molecular weight excluding hydrogens is 336 g/mol. The first kappa shape index (κ1) is 16.9. The first-order valence-electron chi connectivity index (χ1n) is 7.64. The molecule has 0 aliphatic heterocycles. The number of para-hydroxylation sites is 1. The lowest BCUT2D eigenvalue weighted by atomic mass is 10.1. The summed E-state index contributed by atoms with van der Waals surface area (Å²) in [6.07, 6.45) is 3.01. The number of carbonyl (C=O) groups is 2. The van der Waals surface area contributed by atoms with Gasteiger partial charge in [-0.15, -0.1) is 11.3 Å². The fourth-order valence-electron chi connectivity index (χ4n) is 2.34. The first-order valence-corrected chi connectivity index (χ1v) is 8.46. The maximum Gasteiger partial charge on any atom is 0.333 e. The van der Waals surface area contributed by atoms with Crippen LogP contribution in [0, 0.1) is 0 Å². The van der Waals surface area contributed by atoms with Gasteiger partial charge in [0.15, 0.2) is 6.04 Å². The molecule has 1 unspecified atom stereocenters.